The molecule has 2 rings (SSSR count). The molecule has 0 aliphatic rings. The van der Waals surface area contributed by atoms with E-state index < -0.39 is 0 Å². The summed E-state index contributed by atoms with van der Waals surface area (Å²) in [4.78, 5) is 2.81. The average Bonchev–Trinajstić information content (AvgIpc) is 2.38. The van der Waals surface area contributed by atoms with E-state index in [-0.39, 0.29) is 0 Å². The Hall–Kier alpha value is 0.140. The molecule has 2 aromatic heterocycles. The first-order chi connectivity index (χ1) is 5.18. The first kappa shape index (κ1) is 7.77. The Bertz CT molecular complexity index is 363. The van der Waals surface area contributed by atoms with Gasteiger partial charge >= 0.3 is 0 Å². The fraction of sp³-hybridized carbons (Fsp3) is 0.250. The minimum Gasteiger partial charge on any atom is -0.139 e. The van der Waals surface area contributed by atoms with Crippen molar-refractivity contribution in [3.8, 4) is 0 Å². The lowest BCUT2D eigenvalue weighted by atomic mass is 10.3. The summed E-state index contributed by atoms with van der Waals surface area (Å²) < 4.78 is 2.69. The molecule has 0 N–H and O–H groups in total. The molecule has 0 aliphatic carbocycles. The largest absolute Gasteiger partial charge is 0.139 e. The van der Waals surface area contributed by atoms with E-state index in [2.05, 4.69) is 35.8 Å². The Morgan fingerprint density at radius 3 is 2.64 bits per heavy atom. The summed E-state index contributed by atoms with van der Waals surface area (Å²) in [6, 6.07) is 2.26. The maximum absolute atomic E-state index is 3.56. The number of hydrogen-bond donors (Lipinski definition) is 0. The number of fused-ring (bicyclic) bond motifs is 1. The molecule has 11 heavy (non-hydrogen) atoms. The van der Waals surface area contributed by atoms with Crippen LogP contribution in [0.4, 0.5) is 0 Å². The van der Waals surface area contributed by atoms with Gasteiger partial charge in [-0.1, -0.05) is 0 Å². The molecule has 2 heterocycles. The van der Waals surface area contributed by atoms with Crippen molar-refractivity contribution in [2.24, 2.45) is 0 Å². The van der Waals surface area contributed by atoms with Gasteiger partial charge in [-0.25, -0.2) is 0 Å². The second kappa shape index (κ2) is 2.57. The highest BCUT2D eigenvalue weighted by Gasteiger charge is 2.08. The SMILES string of the molecule is Cc1cc2c(C)sc(Br)c2s1. The summed E-state index contributed by atoms with van der Waals surface area (Å²) in [5.74, 6) is 0. The molecular formula is C8H7BrS2. The Morgan fingerprint density at radius 1 is 1.27 bits per heavy atom. The van der Waals surface area contributed by atoms with Crippen LogP contribution in [0.5, 0.6) is 0 Å². The van der Waals surface area contributed by atoms with Crippen molar-refractivity contribution >= 4 is 48.7 Å². The molecule has 0 saturated carbocycles. The van der Waals surface area contributed by atoms with Gasteiger partial charge in [0, 0.05) is 15.1 Å². The summed E-state index contributed by atoms with van der Waals surface area (Å²) in [7, 11) is 0. The molecular weight excluding hydrogens is 240 g/mol. The van der Waals surface area contributed by atoms with Gasteiger partial charge in [0.15, 0.2) is 0 Å². The van der Waals surface area contributed by atoms with Crippen molar-refractivity contribution in [3.05, 3.63) is 19.6 Å². The van der Waals surface area contributed by atoms with E-state index in [4.69, 9.17) is 0 Å². The van der Waals surface area contributed by atoms with E-state index in [0.29, 0.717) is 0 Å². The van der Waals surface area contributed by atoms with Crippen molar-refractivity contribution in [1.29, 1.82) is 0 Å². The molecule has 0 radical (unpaired) electrons. The van der Waals surface area contributed by atoms with Crippen molar-refractivity contribution in [2.45, 2.75) is 13.8 Å². The first-order valence-electron chi connectivity index (χ1n) is 3.33. The van der Waals surface area contributed by atoms with Gasteiger partial charge in [0.05, 0.1) is 8.49 Å². The number of rotatable bonds is 0. The van der Waals surface area contributed by atoms with Crippen LogP contribution in [-0.2, 0) is 0 Å². The van der Waals surface area contributed by atoms with Gasteiger partial charge in [-0.05, 0) is 35.8 Å². The van der Waals surface area contributed by atoms with Crippen LogP contribution in [0.15, 0.2) is 9.85 Å². The Kier molecular flexibility index (Phi) is 1.82. The predicted octanol–water partition coefficient (Wildman–Crippen LogP) is 4.34. The number of aryl methyl sites for hydroxylation is 2. The van der Waals surface area contributed by atoms with Crippen molar-refractivity contribution in [3.63, 3.8) is 0 Å². The fourth-order valence-corrected chi connectivity index (χ4v) is 4.30. The second-order valence-electron chi connectivity index (χ2n) is 2.53. The summed E-state index contributed by atoms with van der Waals surface area (Å²) in [5.41, 5.74) is 0. The molecule has 3 heteroatoms. The third kappa shape index (κ3) is 1.15. The first-order valence-corrected chi connectivity index (χ1v) is 5.76. The van der Waals surface area contributed by atoms with Gasteiger partial charge in [-0.3, -0.25) is 0 Å². The number of thiophene rings is 2. The summed E-state index contributed by atoms with van der Waals surface area (Å²) >= 11 is 7.25. The average molecular weight is 247 g/mol. The molecule has 0 fully saturated rings. The molecule has 0 atom stereocenters. The third-order valence-electron chi connectivity index (χ3n) is 1.66. The van der Waals surface area contributed by atoms with E-state index in [1.807, 2.05) is 22.7 Å². The maximum atomic E-state index is 3.56. The molecule has 0 aromatic carbocycles. The van der Waals surface area contributed by atoms with Gasteiger partial charge in [-0.15, -0.1) is 22.7 Å². The topological polar surface area (TPSA) is 0 Å². The van der Waals surface area contributed by atoms with Crippen LogP contribution in [-0.4, -0.2) is 0 Å². The van der Waals surface area contributed by atoms with Crippen LogP contribution in [0.2, 0.25) is 0 Å². The van der Waals surface area contributed by atoms with Gasteiger partial charge in [0.25, 0.3) is 0 Å². The second-order valence-corrected chi connectivity index (χ2v) is 6.33. The van der Waals surface area contributed by atoms with Crippen LogP contribution in [0.25, 0.3) is 10.1 Å². The van der Waals surface area contributed by atoms with E-state index in [1.165, 1.54) is 23.6 Å². The van der Waals surface area contributed by atoms with Gasteiger partial charge in [0.2, 0.25) is 0 Å². The molecule has 0 aliphatic heterocycles. The van der Waals surface area contributed by atoms with E-state index in [1.54, 1.807) is 0 Å². The van der Waals surface area contributed by atoms with Crippen LogP contribution >= 0.6 is 38.6 Å². The predicted molar refractivity (Wildman–Crippen MR) is 56.9 cm³/mol. The molecule has 0 unspecified atom stereocenters. The quantitative estimate of drug-likeness (QED) is 0.649. The van der Waals surface area contributed by atoms with Crippen LogP contribution in [0.3, 0.4) is 0 Å². The molecule has 2 aromatic rings. The van der Waals surface area contributed by atoms with E-state index in [0.717, 1.165) is 0 Å². The molecule has 0 nitrogen and oxygen atoms in total. The lowest BCUT2D eigenvalue weighted by Gasteiger charge is -1.78. The Balaban J connectivity index is 2.92. The monoisotopic (exact) mass is 246 g/mol. The Labute approximate surface area is 82.0 Å². The lowest BCUT2D eigenvalue weighted by molar-refractivity contribution is 1.63. The highest BCUT2D eigenvalue weighted by atomic mass is 79.9. The minimum atomic E-state index is 1.28. The standard InChI is InChI=1S/C8H7BrS2/c1-4-3-6-5(2)11-8(9)7(6)10-4/h3H,1-2H3. The van der Waals surface area contributed by atoms with Crippen molar-refractivity contribution in [2.75, 3.05) is 0 Å². The summed E-state index contributed by atoms with van der Waals surface area (Å²) in [6.45, 7) is 4.32. The van der Waals surface area contributed by atoms with E-state index >= 15 is 0 Å². The van der Waals surface area contributed by atoms with Crippen molar-refractivity contribution < 1.29 is 0 Å². The van der Waals surface area contributed by atoms with Crippen molar-refractivity contribution in [1.82, 2.24) is 0 Å². The maximum Gasteiger partial charge on any atom is 0.0879 e. The van der Waals surface area contributed by atoms with Gasteiger partial charge < -0.3 is 0 Å². The van der Waals surface area contributed by atoms with Gasteiger partial charge in [0.1, 0.15) is 0 Å². The molecule has 0 amide bonds. The fourth-order valence-electron chi connectivity index (χ4n) is 1.16. The zero-order valence-electron chi connectivity index (χ0n) is 6.27. The summed E-state index contributed by atoms with van der Waals surface area (Å²) in [5, 5.41) is 1.42. The number of halogens is 1. The zero-order chi connectivity index (χ0) is 8.01. The molecule has 58 valence electrons. The highest BCUT2D eigenvalue weighted by molar-refractivity contribution is 9.11. The zero-order valence-corrected chi connectivity index (χ0v) is 9.49. The third-order valence-corrected chi connectivity index (χ3v) is 4.91. The lowest BCUT2D eigenvalue weighted by Crippen LogP contribution is -1.55. The van der Waals surface area contributed by atoms with Crippen LogP contribution in [0.1, 0.15) is 9.75 Å². The van der Waals surface area contributed by atoms with Crippen LogP contribution in [0, 0.1) is 13.8 Å². The number of hydrogen-bond acceptors (Lipinski definition) is 2. The normalized spacial score (nSPS) is 11.2. The van der Waals surface area contributed by atoms with Crippen LogP contribution < -0.4 is 0 Å². The molecule has 0 bridgehead atoms. The molecule has 0 saturated heterocycles. The Morgan fingerprint density at radius 2 is 2.00 bits per heavy atom. The minimum absolute atomic E-state index is 1.28. The molecule has 0 spiro atoms. The summed E-state index contributed by atoms with van der Waals surface area (Å²) in [6.07, 6.45) is 0. The highest BCUT2D eigenvalue weighted by Crippen LogP contribution is 2.39. The van der Waals surface area contributed by atoms with E-state index in [9.17, 15) is 0 Å². The smallest absolute Gasteiger partial charge is 0.0879 e. The van der Waals surface area contributed by atoms with Gasteiger partial charge in [-0.2, -0.15) is 0 Å².